The summed E-state index contributed by atoms with van der Waals surface area (Å²) >= 11 is 1.58. The van der Waals surface area contributed by atoms with E-state index in [2.05, 4.69) is 17.0 Å². The van der Waals surface area contributed by atoms with Gasteiger partial charge in [-0.1, -0.05) is 19.4 Å². The molecule has 0 saturated heterocycles. The predicted molar refractivity (Wildman–Crippen MR) is 88.3 cm³/mol. The van der Waals surface area contributed by atoms with Gasteiger partial charge in [0, 0.05) is 17.6 Å². The van der Waals surface area contributed by atoms with Crippen molar-refractivity contribution in [3.05, 3.63) is 46.7 Å². The van der Waals surface area contributed by atoms with Crippen LogP contribution >= 0.6 is 11.3 Å². The van der Waals surface area contributed by atoms with Crippen molar-refractivity contribution < 1.29 is 8.42 Å². The average molecular weight is 324 g/mol. The molecule has 1 aromatic heterocycles. The first kappa shape index (κ1) is 16.0. The van der Waals surface area contributed by atoms with Crippen LogP contribution in [0.3, 0.4) is 0 Å². The molecule has 0 fully saturated rings. The number of sulfonamides is 1. The molecule has 2 rings (SSSR count). The summed E-state index contributed by atoms with van der Waals surface area (Å²) < 4.78 is 27.8. The van der Waals surface area contributed by atoms with Crippen LogP contribution in [0.25, 0.3) is 0 Å². The Labute approximate surface area is 130 Å². The van der Waals surface area contributed by atoms with E-state index in [1.165, 1.54) is 0 Å². The Bertz CT molecular complexity index is 649. The lowest BCUT2D eigenvalue weighted by Gasteiger charge is -2.17. The Kier molecular flexibility index (Phi) is 5.39. The third-order valence-electron chi connectivity index (χ3n) is 3.21. The van der Waals surface area contributed by atoms with Gasteiger partial charge in [0.1, 0.15) is 0 Å². The van der Waals surface area contributed by atoms with E-state index in [0.29, 0.717) is 4.90 Å². The van der Waals surface area contributed by atoms with Crippen LogP contribution in [0.1, 0.15) is 30.7 Å². The molecule has 2 aromatic rings. The minimum Gasteiger partial charge on any atom is -0.388 e. The standard InChI is InChI=1S/C15H20N2O2S2/c1-3-5-14(15-6-4-11-20-15)17-21(18,19)13-9-7-12(16-2)8-10-13/h4,6-11,14,16-17H,3,5H2,1-2H3. The second kappa shape index (κ2) is 7.06. The molecular weight excluding hydrogens is 304 g/mol. The first-order valence-electron chi connectivity index (χ1n) is 6.90. The van der Waals surface area contributed by atoms with Crippen molar-refractivity contribution in [1.29, 1.82) is 0 Å². The maximum absolute atomic E-state index is 12.5. The van der Waals surface area contributed by atoms with E-state index < -0.39 is 10.0 Å². The van der Waals surface area contributed by atoms with Gasteiger partial charge in [0.25, 0.3) is 0 Å². The molecule has 0 radical (unpaired) electrons. The summed E-state index contributed by atoms with van der Waals surface area (Å²) in [6.07, 6.45) is 1.71. The molecule has 2 N–H and O–H groups in total. The Morgan fingerprint density at radius 3 is 2.43 bits per heavy atom. The lowest BCUT2D eigenvalue weighted by atomic mass is 10.1. The van der Waals surface area contributed by atoms with Crippen LogP contribution in [0, 0.1) is 0 Å². The number of thiophene rings is 1. The molecule has 1 aromatic carbocycles. The highest BCUT2D eigenvalue weighted by Gasteiger charge is 2.21. The SMILES string of the molecule is CCCC(NS(=O)(=O)c1ccc(NC)cc1)c1cccs1. The topological polar surface area (TPSA) is 58.2 Å². The summed E-state index contributed by atoms with van der Waals surface area (Å²) in [5.74, 6) is 0. The number of anilines is 1. The largest absolute Gasteiger partial charge is 0.388 e. The van der Waals surface area contributed by atoms with Crippen molar-refractivity contribution >= 4 is 27.0 Å². The normalized spacial score (nSPS) is 13.0. The molecule has 0 aliphatic rings. The monoisotopic (exact) mass is 324 g/mol. The fourth-order valence-electron chi connectivity index (χ4n) is 2.09. The van der Waals surface area contributed by atoms with Crippen molar-refractivity contribution in [2.75, 3.05) is 12.4 Å². The lowest BCUT2D eigenvalue weighted by molar-refractivity contribution is 0.540. The number of hydrogen-bond acceptors (Lipinski definition) is 4. The quantitative estimate of drug-likeness (QED) is 0.818. The van der Waals surface area contributed by atoms with E-state index in [0.717, 1.165) is 23.4 Å². The van der Waals surface area contributed by atoms with Crippen LogP contribution in [0.4, 0.5) is 5.69 Å². The molecule has 4 nitrogen and oxygen atoms in total. The van der Waals surface area contributed by atoms with Gasteiger partial charge >= 0.3 is 0 Å². The van der Waals surface area contributed by atoms with Gasteiger partial charge in [0.05, 0.1) is 10.9 Å². The van der Waals surface area contributed by atoms with E-state index in [9.17, 15) is 8.42 Å². The lowest BCUT2D eigenvalue weighted by Crippen LogP contribution is -2.28. The number of nitrogens with one attached hydrogen (secondary N) is 2. The summed E-state index contributed by atoms with van der Waals surface area (Å²) in [4.78, 5) is 1.34. The summed E-state index contributed by atoms with van der Waals surface area (Å²) in [5, 5.41) is 4.94. The van der Waals surface area contributed by atoms with Crippen molar-refractivity contribution in [2.45, 2.75) is 30.7 Å². The molecule has 0 aliphatic carbocycles. The smallest absolute Gasteiger partial charge is 0.241 e. The maximum Gasteiger partial charge on any atom is 0.241 e. The van der Waals surface area contributed by atoms with Crippen LogP contribution in [0.2, 0.25) is 0 Å². The Balaban J connectivity index is 2.21. The van der Waals surface area contributed by atoms with E-state index in [4.69, 9.17) is 0 Å². The summed E-state index contributed by atoms with van der Waals surface area (Å²) in [5.41, 5.74) is 0.886. The highest BCUT2D eigenvalue weighted by molar-refractivity contribution is 7.89. The van der Waals surface area contributed by atoms with Crippen LogP contribution < -0.4 is 10.0 Å². The van der Waals surface area contributed by atoms with Gasteiger partial charge in [-0.2, -0.15) is 0 Å². The molecule has 0 bridgehead atoms. The number of benzene rings is 1. The van der Waals surface area contributed by atoms with Gasteiger partial charge in [-0.3, -0.25) is 0 Å². The second-order valence-corrected chi connectivity index (χ2v) is 7.45. The van der Waals surface area contributed by atoms with E-state index in [-0.39, 0.29) is 6.04 Å². The fourth-order valence-corrected chi connectivity index (χ4v) is 4.23. The number of rotatable bonds is 7. The van der Waals surface area contributed by atoms with Crippen LogP contribution in [0.15, 0.2) is 46.7 Å². The summed E-state index contributed by atoms with van der Waals surface area (Å²) in [7, 11) is -1.70. The van der Waals surface area contributed by atoms with Crippen molar-refractivity contribution in [2.24, 2.45) is 0 Å². The zero-order valence-corrected chi connectivity index (χ0v) is 13.8. The third kappa shape index (κ3) is 4.06. The highest BCUT2D eigenvalue weighted by Crippen LogP contribution is 2.25. The average Bonchev–Trinajstić information content (AvgIpc) is 3.01. The van der Waals surface area contributed by atoms with Crippen molar-refractivity contribution in [1.82, 2.24) is 4.72 Å². The molecule has 114 valence electrons. The van der Waals surface area contributed by atoms with E-state index >= 15 is 0 Å². The molecular formula is C15H20N2O2S2. The molecule has 0 spiro atoms. The zero-order chi connectivity index (χ0) is 15.3. The first-order valence-corrected chi connectivity index (χ1v) is 9.26. The van der Waals surface area contributed by atoms with Crippen LogP contribution in [0.5, 0.6) is 0 Å². The second-order valence-electron chi connectivity index (χ2n) is 4.75. The Morgan fingerprint density at radius 1 is 1.19 bits per heavy atom. The van der Waals surface area contributed by atoms with E-state index in [1.807, 2.05) is 17.5 Å². The maximum atomic E-state index is 12.5. The molecule has 0 amide bonds. The van der Waals surface area contributed by atoms with Gasteiger partial charge in [0.15, 0.2) is 0 Å². The van der Waals surface area contributed by atoms with Gasteiger partial charge in [-0.15, -0.1) is 11.3 Å². The Morgan fingerprint density at radius 2 is 1.90 bits per heavy atom. The fraction of sp³-hybridized carbons (Fsp3) is 0.333. The van der Waals surface area contributed by atoms with Crippen LogP contribution in [-0.2, 0) is 10.0 Å². The molecule has 0 saturated carbocycles. The summed E-state index contributed by atoms with van der Waals surface area (Å²) in [6.45, 7) is 2.05. The zero-order valence-electron chi connectivity index (χ0n) is 12.2. The molecule has 21 heavy (non-hydrogen) atoms. The highest BCUT2D eigenvalue weighted by atomic mass is 32.2. The van der Waals surface area contributed by atoms with Gasteiger partial charge < -0.3 is 5.32 Å². The van der Waals surface area contributed by atoms with Crippen molar-refractivity contribution in [3.8, 4) is 0 Å². The van der Waals surface area contributed by atoms with Gasteiger partial charge in [0.2, 0.25) is 10.0 Å². The minimum absolute atomic E-state index is 0.163. The molecule has 1 atom stereocenters. The number of hydrogen-bond donors (Lipinski definition) is 2. The molecule has 0 aliphatic heterocycles. The Hall–Kier alpha value is -1.37. The minimum atomic E-state index is -3.50. The van der Waals surface area contributed by atoms with E-state index in [1.54, 1.807) is 42.6 Å². The molecule has 6 heteroatoms. The van der Waals surface area contributed by atoms with Crippen molar-refractivity contribution in [3.63, 3.8) is 0 Å². The first-order chi connectivity index (χ1) is 10.1. The van der Waals surface area contributed by atoms with Gasteiger partial charge in [-0.25, -0.2) is 13.1 Å². The van der Waals surface area contributed by atoms with Gasteiger partial charge in [-0.05, 0) is 42.1 Å². The third-order valence-corrected chi connectivity index (χ3v) is 5.69. The summed E-state index contributed by atoms with van der Waals surface area (Å²) in [6, 6.07) is 10.5. The molecule has 1 heterocycles. The predicted octanol–water partition coefficient (Wildman–Crippen LogP) is 3.61. The molecule has 1 unspecified atom stereocenters. The van der Waals surface area contributed by atoms with Crippen LogP contribution in [-0.4, -0.2) is 15.5 Å².